The van der Waals surface area contributed by atoms with Gasteiger partial charge in [-0.3, -0.25) is 14.4 Å². The van der Waals surface area contributed by atoms with Crippen LogP contribution in [0.3, 0.4) is 0 Å². The molecule has 1 atom stereocenters. The van der Waals surface area contributed by atoms with Gasteiger partial charge in [-0.05, 0) is 73.5 Å². The molecular formula is C28H27ClFNO5. The van der Waals surface area contributed by atoms with Crippen molar-refractivity contribution >= 4 is 34.9 Å². The molecule has 1 amide bonds. The molecule has 6 nitrogen and oxygen atoms in total. The highest BCUT2D eigenvalue weighted by Gasteiger charge is 2.24. The quantitative estimate of drug-likeness (QED) is 0.183. The number of nitrogens with one attached hydrogen (secondary N) is 1. The lowest BCUT2D eigenvalue weighted by Gasteiger charge is -2.16. The Morgan fingerprint density at radius 2 is 1.56 bits per heavy atom. The summed E-state index contributed by atoms with van der Waals surface area (Å²) in [4.78, 5) is 37.2. The zero-order valence-corrected chi connectivity index (χ0v) is 20.8. The Kier molecular flexibility index (Phi) is 9.59. The van der Waals surface area contributed by atoms with Gasteiger partial charge >= 0.3 is 5.97 Å². The number of ether oxygens (including phenoxy) is 2. The van der Waals surface area contributed by atoms with Gasteiger partial charge in [0.05, 0.1) is 6.42 Å². The molecule has 0 aromatic heterocycles. The number of halogens is 2. The van der Waals surface area contributed by atoms with E-state index in [1.807, 2.05) is 32.0 Å². The van der Waals surface area contributed by atoms with Crippen molar-refractivity contribution in [3.8, 4) is 11.5 Å². The summed E-state index contributed by atoms with van der Waals surface area (Å²) in [7, 11) is 0. The predicted molar refractivity (Wildman–Crippen MR) is 136 cm³/mol. The van der Waals surface area contributed by atoms with Crippen LogP contribution in [0.2, 0.25) is 0 Å². The summed E-state index contributed by atoms with van der Waals surface area (Å²) in [5.41, 5.74) is 2.80. The number of Topliss-reactive ketones (excluding diaryl/α,β-unsaturated/α-hetero) is 1. The largest absolute Gasteiger partial charge is 0.457 e. The summed E-state index contributed by atoms with van der Waals surface area (Å²) in [5, 5.41) is 2.72. The summed E-state index contributed by atoms with van der Waals surface area (Å²) in [5.74, 6) is -0.525. The van der Waals surface area contributed by atoms with Gasteiger partial charge in [0.1, 0.15) is 17.3 Å². The average Bonchev–Trinajstić information content (AvgIpc) is 2.86. The number of ketones is 1. The maximum Gasteiger partial charge on any atom is 0.307 e. The molecule has 0 aliphatic carbocycles. The van der Waals surface area contributed by atoms with Gasteiger partial charge in [0.25, 0.3) is 0 Å². The lowest BCUT2D eigenvalue weighted by molar-refractivity contribution is -0.148. The molecule has 0 heterocycles. The van der Waals surface area contributed by atoms with Crippen LogP contribution < -0.4 is 10.1 Å². The fourth-order valence-electron chi connectivity index (χ4n) is 3.48. The maximum atomic E-state index is 13.1. The van der Waals surface area contributed by atoms with Gasteiger partial charge in [0.15, 0.2) is 6.10 Å². The van der Waals surface area contributed by atoms with E-state index in [9.17, 15) is 18.8 Å². The third kappa shape index (κ3) is 7.65. The molecule has 36 heavy (non-hydrogen) atoms. The standard InChI is InChI=1S/C28H27ClFNO5/c1-18-4-3-5-19(2)28(18)35-23-12-10-22(11-13-23)31-25(32)14-15-26(33)36-24(16-17-29)27(34)20-6-8-21(30)9-7-20/h3-13,24H,14-17H2,1-2H3,(H,31,32)/t24-/m0/s1. The molecule has 0 fully saturated rings. The molecule has 0 spiro atoms. The summed E-state index contributed by atoms with van der Waals surface area (Å²) >= 11 is 5.75. The average molecular weight is 512 g/mol. The maximum absolute atomic E-state index is 13.1. The minimum Gasteiger partial charge on any atom is -0.457 e. The Hall–Kier alpha value is -3.71. The van der Waals surface area contributed by atoms with Crippen molar-refractivity contribution in [2.24, 2.45) is 0 Å². The number of benzene rings is 3. The van der Waals surface area contributed by atoms with Crippen LogP contribution in [0.1, 0.15) is 40.7 Å². The van der Waals surface area contributed by atoms with E-state index in [0.29, 0.717) is 11.4 Å². The molecule has 0 saturated heterocycles. The molecule has 0 unspecified atom stereocenters. The van der Waals surface area contributed by atoms with Gasteiger partial charge in [0.2, 0.25) is 11.7 Å². The van der Waals surface area contributed by atoms with E-state index in [4.69, 9.17) is 21.1 Å². The topological polar surface area (TPSA) is 81.7 Å². The predicted octanol–water partition coefficient (Wildman–Crippen LogP) is 6.38. The number of carbonyl (C=O) groups is 3. The van der Waals surface area contributed by atoms with Crippen LogP contribution in [-0.2, 0) is 14.3 Å². The molecule has 8 heteroatoms. The first-order valence-electron chi connectivity index (χ1n) is 11.5. The second-order valence-electron chi connectivity index (χ2n) is 8.22. The van der Waals surface area contributed by atoms with Crippen molar-refractivity contribution in [2.75, 3.05) is 11.2 Å². The Morgan fingerprint density at radius 1 is 0.917 bits per heavy atom. The monoisotopic (exact) mass is 511 g/mol. The summed E-state index contributed by atoms with van der Waals surface area (Å²) in [6.07, 6.45) is -1.34. The summed E-state index contributed by atoms with van der Waals surface area (Å²) in [6, 6.07) is 17.7. The Morgan fingerprint density at radius 3 is 2.17 bits per heavy atom. The van der Waals surface area contributed by atoms with E-state index < -0.39 is 23.7 Å². The van der Waals surface area contributed by atoms with Crippen molar-refractivity contribution in [2.45, 2.75) is 39.2 Å². The van der Waals surface area contributed by atoms with Gasteiger partial charge in [-0.1, -0.05) is 18.2 Å². The minimum atomic E-state index is -1.10. The molecule has 1 N–H and O–H groups in total. The van der Waals surface area contributed by atoms with Crippen molar-refractivity contribution in [3.05, 3.63) is 89.2 Å². The molecular weight excluding hydrogens is 485 g/mol. The number of aryl methyl sites for hydroxylation is 2. The van der Waals surface area contributed by atoms with Crippen LogP contribution in [0.25, 0.3) is 0 Å². The first-order valence-corrected chi connectivity index (χ1v) is 12.0. The smallest absolute Gasteiger partial charge is 0.307 e. The third-order valence-electron chi connectivity index (χ3n) is 5.39. The molecule has 0 aliphatic rings. The fourth-order valence-corrected chi connectivity index (χ4v) is 3.68. The number of amides is 1. The highest BCUT2D eigenvalue weighted by atomic mass is 35.5. The van der Waals surface area contributed by atoms with Gasteiger partial charge in [-0.25, -0.2) is 4.39 Å². The molecule has 0 aliphatic heterocycles. The number of hydrogen-bond donors (Lipinski definition) is 1. The first kappa shape index (κ1) is 26.9. The van der Waals surface area contributed by atoms with Gasteiger partial charge in [-0.2, -0.15) is 0 Å². The van der Waals surface area contributed by atoms with Crippen molar-refractivity contribution < 1.29 is 28.2 Å². The Balaban J connectivity index is 1.49. The minimum absolute atomic E-state index is 0.0918. The number of carbonyl (C=O) groups excluding carboxylic acids is 3. The second-order valence-corrected chi connectivity index (χ2v) is 8.60. The van der Waals surface area contributed by atoms with Crippen LogP contribution >= 0.6 is 11.6 Å². The van der Waals surface area contributed by atoms with Gasteiger partial charge in [0, 0.05) is 30.0 Å². The zero-order valence-electron chi connectivity index (χ0n) is 20.1. The second kappa shape index (κ2) is 12.8. The normalized spacial score (nSPS) is 11.4. The zero-order chi connectivity index (χ0) is 26.1. The van der Waals surface area contributed by atoms with Crippen LogP contribution in [0.5, 0.6) is 11.5 Å². The summed E-state index contributed by atoms with van der Waals surface area (Å²) < 4.78 is 24.3. The highest BCUT2D eigenvalue weighted by Crippen LogP contribution is 2.29. The van der Waals surface area contributed by atoms with Gasteiger partial charge < -0.3 is 14.8 Å². The molecule has 3 aromatic rings. The van der Waals surface area contributed by atoms with Crippen LogP contribution in [-0.4, -0.2) is 29.6 Å². The van der Waals surface area contributed by atoms with Crippen molar-refractivity contribution in [3.63, 3.8) is 0 Å². The third-order valence-corrected chi connectivity index (χ3v) is 5.61. The molecule has 0 bridgehead atoms. The number of alkyl halides is 1. The number of para-hydroxylation sites is 1. The molecule has 188 valence electrons. The SMILES string of the molecule is Cc1cccc(C)c1Oc1ccc(NC(=O)CCC(=O)O[C@@H](CCCl)C(=O)c2ccc(F)cc2)cc1. The first-order chi connectivity index (χ1) is 17.3. The molecule has 0 saturated carbocycles. The van der Waals surface area contributed by atoms with E-state index in [2.05, 4.69) is 5.32 Å². The van der Waals surface area contributed by atoms with Crippen LogP contribution in [0.15, 0.2) is 66.7 Å². The lowest BCUT2D eigenvalue weighted by Crippen LogP contribution is -2.28. The van der Waals surface area contributed by atoms with E-state index >= 15 is 0 Å². The lowest BCUT2D eigenvalue weighted by atomic mass is 10.0. The van der Waals surface area contributed by atoms with Crippen molar-refractivity contribution in [1.29, 1.82) is 0 Å². The van der Waals surface area contributed by atoms with E-state index in [0.717, 1.165) is 29.0 Å². The number of rotatable bonds is 11. The van der Waals surface area contributed by atoms with Gasteiger partial charge in [-0.15, -0.1) is 11.6 Å². The van der Waals surface area contributed by atoms with Crippen LogP contribution in [0.4, 0.5) is 10.1 Å². The molecule has 3 aromatic carbocycles. The van der Waals surface area contributed by atoms with E-state index in [-0.39, 0.29) is 36.6 Å². The van der Waals surface area contributed by atoms with Crippen molar-refractivity contribution in [1.82, 2.24) is 0 Å². The van der Waals surface area contributed by atoms with E-state index in [1.165, 1.54) is 12.1 Å². The van der Waals surface area contributed by atoms with Crippen LogP contribution in [0, 0.1) is 19.7 Å². The fraction of sp³-hybridized carbons (Fsp3) is 0.250. The molecule has 0 radical (unpaired) electrons. The highest BCUT2D eigenvalue weighted by molar-refractivity contribution is 6.18. The Bertz CT molecular complexity index is 1190. The number of esters is 1. The summed E-state index contributed by atoms with van der Waals surface area (Å²) in [6.45, 7) is 3.94. The number of hydrogen-bond acceptors (Lipinski definition) is 5. The van der Waals surface area contributed by atoms with E-state index in [1.54, 1.807) is 24.3 Å². The molecule has 3 rings (SSSR count). The Labute approximate surface area is 214 Å². The number of anilines is 1.